The third-order valence-corrected chi connectivity index (χ3v) is 3.28. The van der Waals surface area contributed by atoms with Crippen LogP contribution in [0.4, 0.5) is 4.39 Å². The summed E-state index contributed by atoms with van der Waals surface area (Å²) in [5.41, 5.74) is 6.99. The molecule has 0 bridgehead atoms. The number of benzene rings is 1. The zero-order chi connectivity index (χ0) is 11.4. The van der Waals surface area contributed by atoms with Crippen molar-refractivity contribution in [3.05, 3.63) is 35.6 Å². The fourth-order valence-corrected chi connectivity index (χ4v) is 2.19. The van der Waals surface area contributed by atoms with Crippen LogP contribution in [0.15, 0.2) is 24.3 Å². The monoisotopic (exact) mass is 222 g/mol. The van der Waals surface area contributed by atoms with E-state index in [0.717, 1.165) is 37.8 Å². The maximum absolute atomic E-state index is 12.7. The molecule has 2 rings (SSSR count). The standard InChI is InChI=1S/C13H19FN2/c14-11-3-1-10(2-4-11)9-16-13-7-5-12(15)6-8-13/h1-4,12-13,16H,5-9,15H2. The van der Waals surface area contributed by atoms with Gasteiger partial charge >= 0.3 is 0 Å². The topological polar surface area (TPSA) is 38.0 Å². The Morgan fingerprint density at radius 1 is 1.12 bits per heavy atom. The number of halogens is 1. The van der Waals surface area contributed by atoms with Crippen molar-refractivity contribution in [3.63, 3.8) is 0 Å². The quantitative estimate of drug-likeness (QED) is 0.822. The number of hydrogen-bond donors (Lipinski definition) is 2. The molecule has 16 heavy (non-hydrogen) atoms. The van der Waals surface area contributed by atoms with Crippen LogP contribution in [0.3, 0.4) is 0 Å². The second-order valence-corrected chi connectivity index (χ2v) is 4.62. The molecule has 0 atom stereocenters. The van der Waals surface area contributed by atoms with E-state index >= 15 is 0 Å². The van der Waals surface area contributed by atoms with Gasteiger partial charge in [0.15, 0.2) is 0 Å². The van der Waals surface area contributed by atoms with Gasteiger partial charge in [0.2, 0.25) is 0 Å². The van der Waals surface area contributed by atoms with Gasteiger partial charge in [0, 0.05) is 18.6 Å². The van der Waals surface area contributed by atoms with Gasteiger partial charge in [0.1, 0.15) is 5.82 Å². The summed E-state index contributed by atoms with van der Waals surface area (Å²) >= 11 is 0. The smallest absolute Gasteiger partial charge is 0.123 e. The fourth-order valence-electron chi connectivity index (χ4n) is 2.19. The van der Waals surface area contributed by atoms with E-state index in [-0.39, 0.29) is 5.82 Å². The molecule has 1 saturated carbocycles. The second kappa shape index (κ2) is 5.41. The minimum atomic E-state index is -0.174. The third kappa shape index (κ3) is 3.29. The van der Waals surface area contributed by atoms with Crippen LogP contribution in [0.2, 0.25) is 0 Å². The van der Waals surface area contributed by atoms with Crippen LogP contribution in [-0.2, 0) is 6.54 Å². The van der Waals surface area contributed by atoms with E-state index in [2.05, 4.69) is 5.32 Å². The van der Waals surface area contributed by atoms with Crippen molar-refractivity contribution in [2.75, 3.05) is 0 Å². The molecular formula is C13H19FN2. The number of rotatable bonds is 3. The van der Waals surface area contributed by atoms with Crippen molar-refractivity contribution in [2.45, 2.75) is 44.3 Å². The summed E-state index contributed by atoms with van der Waals surface area (Å²) in [6.45, 7) is 0.820. The minimum Gasteiger partial charge on any atom is -0.328 e. The molecule has 0 unspecified atom stereocenters. The fraction of sp³-hybridized carbons (Fsp3) is 0.538. The molecule has 0 aliphatic heterocycles. The van der Waals surface area contributed by atoms with Gasteiger partial charge < -0.3 is 11.1 Å². The highest BCUT2D eigenvalue weighted by molar-refractivity contribution is 5.15. The van der Waals surface area contributed by atoms with Gasteiger partial charge in [0.25, 0.3) is 0 Å². The molecule has 0 radical (unpaired) electrons. The Balaban J connectivity index is 1.77. The Kier molecular flexibility index (Phi) is 3.91. The lowest BCUT2D eigenvalue weighted by molar-refractivity contribution is 0.342. The maximum atomic E-state index is 12.7. The van der Waals surface area contributed by atoms with Crippen molar-refractivity contribution in [2.24, 2.45) is 5.73 Å². The van der Waals surface area contributed by atoms with Crippen molar-refractivity contribution >= 4 is 0 Å². The first-order valence-corrected chi connectivity index (χ1v) is 5.97. The SMILES string of the molecule is NC1CCC(NCc2ccc(F)cc2)CC1. The van der Waals surface area contributed by atoms with E-state index in [1.54, 1.807) is 0 Å². The second-order valence-electron chi connectivity index (χ2n) is 4.62. The molecule has 0 amide bonds. The molecule has 1 aromatic carbocycles. The van der Waals surface area contributed by atoms with Crippen LogP contribution in [-0.4, -0.2) is 12.1 Å². The summed E-state index contributed by atoms with van der Waals surface area (Å²) in [7, 11) is 0. The van der Waals surface area contributed by atoms with E-state index in [1.165, 1.54) is 12.1 Å². The Morgan fingerprint density at radius 2 is 1.75 bits per heavy atom. The molecule has 0 spiro atoms. The molecule has 88 valence electrons. The van der Waals surface area contributed by atoms with Crippen LogP contribution >= 0.6 is 0 Å². The Hall–Kier alpha value is -0.930. The first-order chi connectivity index (χ1) is 7.74. The van der Waals surface area contributed by atoms with Crippen LogP contribution in [0.25, 0.3) is 0 Å². The predicted molar refractivity (Wildman–Crippen MR) is 63.5 cm³/mol. The van der Waals surface area contributed by atoms with Crippen molar-refractivity contribution in [1.29, 1.82) is 0 Å². The predicted octanol–water partition coefficient (Wildman–Crippen LogP) is 2.19. The first kappa shape index (κ1) is 11.6. The van der Waals surface area contributed by atoms with Crippen molar-refractivity contribution < 1.29 is 4.39 Å². The molecule has 0 heterocycles. The summed E-state index contributed by atoms with van der Waals surface area (Å²) in [5, 5.41) is 3.50. The van der Waals surface area contributed by atoms with Crippen LogP contribution in [0, 0.1) is 5.82 Å². The highest BCUT2D eigenvalue weighted by Gasteiger charge is 2.17. The lowest BCUT2D eigenvalue weighted by Crippen LogP contribution is -2.37. The largest absolute Gasteiger partial charge is 0.328 e. The van der Waals surface area contributed by atoms with Gasteiger partial charge in [-0.25, -0.2) is 4.39 Å². The molecule has 2 nitrogen and oxygen atoms in total. The molecule has 0 aromatic heterocycles. The lowest BCUT2D eigenvalue weighted by Gasteiger charge is -2.26. The molecule has 1 aliphatic carbocycles. The lowest BCUT2D eigenvalue weighted by atomic mass is 9.92. The average molecular weight is 222 g/mol. The first-order valence-electron chi connectivity index (χ1n) is 5.97. The zero-order valence-corrected chi connectivity index (χ0v) is 9.45. The molecule has 0 saturated heterocycles. The molecule has 1 aliphatic rings. The van der Waals surface area contributed by atoms with Crippen LogP contribution in [0.1, 0.15) is 31.2 Å². The van der Waals surface area contributed by atoms with Gasteiger partial charge in [-0.2, -0.15) is 0 Å². The van der Waals surface area contributed by atoms with E-state index in [0.29, 0.717) is 12.1 Å². The van der Waals surface area contributed by atoms with Crippen LogP contribution in [0.5, 0.6) is 0 Å². The number of nitrogens with two attached hydrogens (primary N) is 1. The molecule has 1 aromatic rings. The van der Waals surface area contributed by atoms with Gasteiger partial charge in [-0.05, 0) is 43.4 Å². The maximum Gasteiger partial charge on any atom is 0.123 e. The molecular weight excluding hydrogens is 203 g/mol. The molecule has 3 heteroatoms. The molecule has 3 N–H and O–H groups in total. The van der Waals surface area contributed by atoms with Crippen molar-refractivity contribution in [1.82, 2.24) is 5.32 Å². The Labute approximate surface area is 96.0 Å². The normalized spacial score (nSPS) is 25.6. The molecule has 1 fully saturated rings. The van der Waals surface area contributed by atoms with E-state index in [4.69, 9.17) is 5.73 Å². The zero-order valence-electron chi connectivity index (χ0n) is 9.45. The highest BCUT2D eigenvalue weighted by Crippen LogP contribution is 2.17. The third-order valence-electron chi connectivity index (χ3n) is 3.28. The summed E-state index contributed by atoms with van der Waals surface area (Å²) < 4.78 is 12.7. The minimum absolute atomic E-state index is 0.174. The average Bonchev–Trinajstić information content (AvgIpc) is 2.30. The summed E-state index contributed by atoms with van der Waals surface area (Å²) in [5.74, 6) is -0.174. The van der Waals surface area contributed by atoms with E-state index in [1.807, 2.05) is 12.1 Å². The summed E-state index contributed by atoms with van der Waals surface area (Å²) in [6.07, 6.45) is 4.53. The summed E-state index contributed by atoms with van der Waals surface area (Å²) in [4.78, 5) is 0. The summed E-state index contributed by atoms with van der Waals surface area (Å²) in [6, 6.07) is 7.64. The van der Waals surface area contributed by atoms with Gasteiger partial charge in [-0.15, -0.1) is 0 Å². The van der Waals surface area contributed by atoms with Gasteiger partial charge in [-0.1, -0.05) is 12.1 Å². The van der Waals surface area contributed by atoms with Crippen molar-refractivity contribution in [3.8, 4) is 0 Å². The number of hydrogen-bond acceptors (Lipinski definition) is 2. The number of nitrogens with one attached hydrogen (secondary N) is 1. The van der Waals surface area contributed by atoms with Gasteiger partial charge in [0.05, 0.1) is 0 Å². The van der Waals surface area contributed by atoms with Gasteiger partial charge in [-0.3, -0.25) is 0 Å². The van der Waals surface area contributed by atoms with Crippen LogP contribution < -0.4 is 11.1 Å². The highest BCUT2D eigenvalue weighted by atomic mass is 19.1. The Bertz CT molecular complexity index is 315. The Morgan fingerprint density at radius 3 is 2.38 bits per heavy atom. The van der Waals surface area contributed by atoms with E-state index < -0.39 is 0 Å². The van der Waals surface area contributed by atoms with E-state index in [9.17, 15) is 4.39 Å².